The molecule has 0 aliphatic carbocycles. The van der Waals surface area contributed by atoms with Crippen molar-refractivity contribution in [1.82, 2.24) is 10.2 Å². The maximum absolute atomic E-state index is 11.2. The van der Waals surface area contributed by atoms with Crippen LogP contribution in [0.5, 0.6) is 0 Å². The van der Waals surface area contributed by atoms with Crippen molar-refractivity contribution in [2.24, 2.45) is 5.92 Å². The molecule has 2 saturated heterocycles. The maximum atomic E-state index is 11.2. The summed E-state index contributed by atoms with van der Waals surface area (Å²) in [7, 11) is 0. The van der Waals surface area contributed by atoms with Crippen molar-refractivity contribution < 1.29 is 4.92 Å². The molecule has 108 valence electrons. The van der Waals surface area contributed by atoms with Crippen LogP contribution in [0.2, 0.25) is 0 Å². The smallest absolute Gasteiger partial charge is 0.275 e. The van der Waals surface area contributed by atoms with Crippen LogP contribution >= 0.6 is 15.9 Å². The number of piperidine rings is 1. The number of nitrogens with one attached hydrogen (secondary N) is 1. The minimum absolute atomic E-state index is 0.210. The Morgan fingerprint density at radius 1 is 1.45 bits per heavy atom. The van der Waals surface area contributed by atoms with Gasteiger partial charge in [-0.2, -0.15) is 0 Å². The lowest BCUT2D eigenvalue weighted by atomic mass is 9.94. The van der Waals surface area contributed by atoms with Crippen LogP contribution in [0.4, 0.5) is 5.69 Å². The average molecular weight is 340 g/mol. The van der Waals surface area contributed by atoms with E-state index in [-0.39, 0.29) is 10.6 Å². The molecular weight excluding hydrogens is 322 g/mol. The van der Waals surface area contributed by atoms with E-state index < -0.39 is 0 Å². The fourth-order valence-electron chi connectivity index (χ4n) is 3.35. The minimum Gasteiger partial charge on any atom is -0.312 e. The van der Waals surface area contributed by atoms with Gasteiger partial charge in [0.25, 0.3) is 5.69 Å². The molecular formula is C14H18BrN3O2. The van der Waals surface area contributed by atoms with Gasteiger partial charge in [0.05, 0.1) is 4.92 Å². The lowest BCUT2D eigenvalue weighted by Crippen LogP contribution is -2.40. The highest BCUT2D eigenvalue weighted by atomic mass is 79.9. The van der Waals surface area contributed by atoms with Gasteiger partial charge >= 0.3 is 0 Å². The molecule has 3 rings (SSSR count). The highest BCUT2D eigenvalue weighted by Gasteiger charge is 2.34. The van der Waals surface area contributed by atoms with E-state index in [4.69, 9.17) is 0 Å². The fourth-order valence-corrected chi connectivity index (χ4v) is 3.70. The molecule has 2 aliphatic heterocycles. The number of fused-ring (bicyclic) bond motifs is 1. The van der Waals surface area contributed by atoms with Gasteiger partial charge in [-0.3, -0.25) is 15.0 Å². The first-order valence-corrected chi connectivity index (χ1v) is 7.81. The summed E-state index contributed by atoms with van der Waals surface area (Å²) in [5.41, 5.74) is 1.01. The number of nitrogens with zero attached hydrogens (tertiary/aromatic N) is 2. The van der Waals surface area contributed by atoms with Crippen LogP contribution < -0.4 is 5.32 Å². The van der Waals surface area contributed by atoms with Crippen molar-refractivity contribution >= 4 is 21.6 Å². The molecule has 2 fully saturated rings. The van der Waals surface area contributed by atoms with Crippen LogP contribution in [0, 0.1) is 16.0 Å². The van der Waals surface area contributed by atoms with Gasteiger partial charge in [0.2, 0.25) is 0 Å². The monoisotopic (exact) mass is 339 g/mol. The van der Waals surface area contributed by atoms with E-state index in [1.807, 2.05) is 12.1 Å². The first-order chi connectivity index (χ1) is 9.63. The van der Waals surface area contributed by atoms with Crippen LogP contribution in [-0.2, 0) is 6.54 Å². The van der Waals surface area contributed by atoms with Gasteiger partial charge in [-0.15, -0.1) is 0 Å². The molecule has 1 aromatic carbocycles. The molecule has 2 aliphatic rings. The number of nitro groups is 1. The number of hydrogen-bond donors (Lipinski definition) is 1. The molecule has 5 nitrogen and oxygen atoms in total. The van der Waals surface area contributed by atoms with Crippen LogP contribution in [0.15, 0.2) is 22.7 Å². The molecule has 0 amide bonds. The van der Waals surface area contributed by atoms with E-state index in [0.717, 1.165) is 29.7 Å². The molecule has 0 saturated carbocycles. The standard InChI is InChI=1S/C14H18BrN3O2/c15-12-4-3-11(14(6-12)18(19)20)8-17-7-10-2-1-5-16-13(10)9-17/h3-4,6,10,13,16H,1-2,5,7-9H2/t10-,13+/m0/s1. The highest BCUT2D eigenvalue weighted by Crippen LogP contribution is 2.29. The predicted octanol–water partition coefficient (Wildman–Crippen LogP) is 2.54. The normalized spacial score (nSPS) is 26.4. The van der Waals surface area contributed by atoms with E-state index in [9.17, 15) is 10.1 Å². The Balaban J connectivity index is 1.73. The fraction of sp³-hybridized carbons (Fsp3) is 0.571. The Hall–Kier alpha value is -0.980. The number of nitro benzene ring substituents is 1. The second kappa shape index (κ2) is 5.79. The Labute approximate surface area is 126 Å². The maximum Gasteiger partial charge on any atom is 0.275 e. The largest absolute Gasteiger partial charge is 0.312 e. The van der Waals surface area contributed by atoms with Gasteiger partial charge in [0.15, 0.2) is 0 Å². The summed E-state index contributed by atoms with van der Waals surface area (Å²) in [6.45, 7) is 3.81. The van der Waals surface area contributed by atoms with Crippen molar-refractivity contribution in [3.05, 3.63) is 38.3 Å². The van der Waals surface area contributed by atoms with Gasteiger partial charge < -0.3 is 5.32 Å². The molecule has 1 N–H and O–H groups in total. The van der Waals surface area contributed by atoms with Gasteiger partial charge in [-0.05, 0) is 37.4 Å². The molecule has 2 heterocycles. The van der Waals surface area contributed by atoms with Gasteiger partial charge in [-0.1, -0.05) is 15.9 Å². The zero-order valence-corrected chi connectivity index (χ0v) is 12.8. The van der Waals surface area contributed by atoms with Crippen LogP contribution in [0.3, 0.4) is 0 Å². The second-order valence-corrected chi connectivity index (χ2v) is 6.60. The zero-order valence-electron chi connectivity index (χ0n) is 11.2. The summed E-state index contributed by atoms with van der Waals surface area (Å²) < 4.78 is 0.754. The van der Waals surface area contributed by atoms with E-state index >= 15 is 0 Å². The Morgan fingerprint density at radius 2 is 2.30 bits per heavy atom. The SMILES string of the molecule is O=[N+]([O-])c1cc(Br)ccc1CN1C[C@@H]2CCCN[C@@H]2C1. The summed E-state index contributed by atoms with van der Waals surface area (Å²) in [6, 6.07) is 5.90. The van der Waals surface area contributed by atoms with E-state index in [0.29, 0.717) is 18.5 Å². The van der Waals surface area contributed by atoms with Crippen molar-refractivity contribution in [3.63, 3.8) is 0 Å². The third kappa shape index (κ3) is 2.87. The Kier molecular flexibility index (Phi) is 4.05. The molecule has 2 atom stereocenters. The third-order valence-corrected chi connectivity index (χ3v) is 4.81. The molecule has 0 radical (unpaired) electrons. The van der Waals surface area contributed by atoms with Crippen molar-refractivity contribution in [2.45, 2.75) is 25.4 Å². The molecule has 0 unspecified atom stereocenters. The summed E-state index contributed by atoms with van der Waals surface area (Å²) in [5.74, 6) is 0.707. The molecule has 20 heavy (non-hydrogen) atoms. The minimum atomic E-state index is -0.290. The van der Waals surface area contributed by atoms with Crippen molar-refractivity contribution in [3.8, 4) is 0 Å². The van der Waals surface area contributed by atoms with Gasteiger partial charge in [-0.25, -0.2) is 0 Å². The highest BCUT2D eigenvalue weighted by molar-refractivity contribution is 9.10. The van der Waals surface area contributed by atoms with E-state index in [1.54, 1.807) is 6.07 Å². The molecule has 0 aromatic heterocycles. The quantitative estimate of drug-likeness (QED) is 0.679. The number of benzene rings is 1. The summed E-state index contributed by atoms with van der Waals surface area (Å²) in [5, 5.41) is 14.7. The van der Waals surface area contributed by atoms with Gasteiger partial charge in [0, 0.05) is 41.8 Å². The average Bonchev–Trinajstić information content (AvgIpc) is 2.82. The lowest BCUT2D eigenvalue weighted by Gasteiger charge is -2.24. The van der Waals surface area contributed by atoms with E-state index in [1.165, 1.54) is 12.8 Å². The van der Waals surface area contributed by atoms with Crippen molar-refractivity contribution in [2.75, 3.05) is 19.6 Å². The number of halogens is 1. The summed E-state index contributed by atoms with van der Waals surface area (Å²) in [6.07, 6.45) is 2.52. The molecule has 0 spiro atoms. The predicted molar refractivity (Wildman–Crippen MR) is 80.6 cm³/mol. The zero-order chi connectivity index (χ0) is 14.1. The second-order valence-electron chi connectivity index (χ2n) is 5.69. The van der Waals surface area contributed by atoms with E-state index in [2.05, 4.69) is 26.1 Å². The lowest BCUT2D eigenvalue weighted by molar-refractivity contribution is -0.385. The molecule has 1 aromatic rings. The number of rotatable bonds is 3. The Morgan fingerprint density at radius 3 is 3.05 bits per heavy atom. The number of hydrogen-bond acceptors (Lipinski definition) is 4. The van der Waals surface area contributed by atoms with Crippen LogP contribution in [0.25, 0.3) is 0 Å². The third-order valence-electron chi connectivity index (χ3n) is 4.31. The van der Waals surface area contributed by atoms with Gasteiger partial charge in [0.1, 0.15) is 0 Å². The van der Waals surface area contributed by atoms with Crippen molar-refractivity contribution in [1.29, 1.82) is 0 Å². The number of likely N-dealkylation sites (tertiary alicyclic amines) is 1. The van der Waals surface area contributed by atoms with Crippen LogP contribution in [-0.4, -0.2) is 35.5 Å². The topological polar surface area (TPSA) is 58.4 Å². The van der Waals surface area contributed by atoms with Crippen LogP contribution in [0.1, 0.15) is 18.4 Å². The summed E-state index contributed by atoms with van der Waals surface area (Å²) in [4.78, 5) is 13.2. The molecule has 6 heteroatoms. The summed E-state index contributed by atoms with van der Waals surface area (Å²) >= 11 is 3.30. The molecule has 0 bridgehead atoms. The Bertz CT molecular complexity index is 509. The first-order valence-electron chi connectivity index (χ1n) is 7.02. The first kappa shape index (κ1) is 14.0.